The molecule has 1 aliphatic rings. The summed E-state index contributed by atoms with van der Waals surface area (Å²) >= 11 is 0. The van der Waals surface area contributed by atoms with E-state index in [9.17, 15) is 14.4 Å². The zero-order valence-corrected chi connectivity index (χ0v) is 12.5. The van der Waals surface area contributed by atoms with Crippen LogP contribution in [0.5, 0.6) is 0 Å². The van der Waals surface area contributed by atoms with Crippen LogP contribution in [0.2, 0.25) is 0 Å². The lowest BCUT2D eigenvalue weighted by molar-refractivity contribution is -0.139. The van der Waals surface area contributed by atoms with E-state index in [1.54, 1.807) is 4.90 Å². The lowest BCUT2D eigenvalue weighted by Crippen LogP contribution is -2.52. The van der Waals surface area contributed by atoms with E-state index in [2.05, 4.69) is 10.2 Å². The van der Waals surface area contributed by atoms with Crippen molar-refractivity contribution in [2.45, 2.75) is 37.8 Å². The predicted octanol–water partition coefficient (Wildman–Crippen LogP) is -0.559. The van der Waals surface area contributed by atoms with Crippen LogP contribution in [-0.4, -0.2) is 72.1 Å². The van der Waals surface area contributed by atoms with Crippen LogP contribution in [0.3, 0.4) is 0 Å². The number of carbonyl (C=O) groups is 3. The zero-order chi connectivity index (χ0) is 16.0. The van der Waals surface area contributed by atoms with Gasteiger partial charge in [-0.3, -0.25) is 4.79 Å². The molecule has 21 heavy (non-hydrogen) atoms. The van der Waals surface area contributed by atoms with Gasteiger partial charge in [0, 0.05) is 25.6 Å². The molecule has 0 aromatic heterocycles. The molecule has 1 aliphatic heterocycles. The van der Waals surface area contributed by atoms with E-state index in [0.717, 1.165) is 12.8 Å². The van der Waals surface area contributed by atoms with Gasteiger partial charge in [0.2, 0.25) is 5.91 Å². The molecule has 0 unspecified atom stereocenters. The van der Waals surface area contributed by atoms with E-state index in [0.29, 0.717) is 19.1 Å². The lowest BCUT2D eigenvalue weighted by Gasteiger charge is -2.35. The molecule has 120 valence electrons. The van der Waals surface area contributed by atoms with Gasteiger partial charge >= 0.3 is 12.0 Å². The number of urea groups is 1. The first kappa shape index (κ1) is 17.2. The number of hydrogen-bond donors (Lipinski definition) is 3. The molecule has 0 bridgehead atoms. The average molecular weight is 300 g/mol. The number of carboxylic acids is 1. The van der Waals surface area contributed by atoms with Crippen molar-refractivity contribution in [1.29, 1.82) is 0 Å². The fourth-order valence-electron chi connectivity index (χ4n) is 2.37. The first-order chi connectivity index (χ1) is 9.81. The standard InChI is InChI=1S/C13H24N4O4/c1-16(2)9-5-7-17(8-6-9)13(21)15-10(12(19)20)3-4-11(14)18/h9-10H,3-8H2,1-2H3,(H2,14,18)(H,15,21)(H,19,20)/t10-/m1/s1. The Morgan fingerprint density at radius 1 is 1.33 bits per heavy atom. The van der Waals surface area contributed by atoms with Crippen molar-refractivity contribution in [2.24, 2.45) is 5.73 Å². The summed E-state index contributed by atoms with van der Waals surface area (Å²) in [7, 11) is 4.01. The molecule has 8 nitrogen and oxygen atoms in total. The highest BCUT2D eigenvalue weighted by molar-refractivity contribution is 5.83. The van der Waals surface area contributed by atoms with Gasteiger partial charge in [0.25, 0.3) is 0 Å². The van der Waals surface area contributed by atoms with E-state index < -0.39 is 23.9 Å². The molecule has 0 aromatic rings. The van der Waals surface area contributed by atoms with Crippen molar-refractivity contribution in [3.8, 4) is 0 Å². The van der Waals surface area contributed by atoms with Crippen LogP contribution in [0.15, 0.2) is 0 Å². The third kappa shape index (κ3) is 5.58. The minimum atomic E-state index is -1.16. The highest BCUT2D eigenvalue weighted by Crippen LogP contribution is 2.14. The number of hydrogen-bond acceptors (Lipinski definition) is 4. The summed E-state index contributed by atoms with van der Waals surface area (Å²) in [6, 6.07) is -1.04. The van der Waals surface area contributed by atoms with Crippen LogP contribution in [0.1, 0.15) is 25.7 Å². The van der Waals surface area contributed by atoms with Gasteiger partial charge in [-0.1, -0.05) is 0 Å². The van der Waals surface area contributed by atoms with E-state index in [1.807, 2.05) is 14.1 Å². The van der Waals surface area contributed by atoms with Crippen molar-refractivity contribution < 1.29 is 19.5 Å². The Bertz CT molecular complexity index is 392. The van der Waals surface area contributed by atoms with Crippen LogP contribution < -0.4 is 11.1 Å². The van der Waals surface area contributed by atoms with Crippen LogP contribution >= 0.6 is 0 Å². The van der Waals surface area contributed by atoms with Crippen LogP contribution in [0.25, 0.3) is 0 Å². The molecule has 1 rings (SSSR count). The molecule has 0 spiro atoms. The number of primary amides is 1. The number of piperidine rings is 1. The summed E-state index contributed by atoms with van der Waals surface area (Å²) in [6.07, 6.45) is 1.66. The molecule has 1 atom stereocenters. The second-order valence-electron chi connectivity index (χ2n) is 5.53. The van der Waals surface area contributed by atoms with Crippen LogP contribution in [0.4, 0.5) is 4.79 Å². The summed E-state index contributed by atoms with van der Waals surface area (Å²) in [4.78, 5) is 37.6. The molecule has 0 saturated carbocycles. The van der Waals surface area contributed by atoms with Gasteiger partial charge < -0.3 is 26.0 Å². The SMILES string of the molecule is CN(C)C1CCN(C(=O)N[C@H](CCC(N)=O)C(=O)O)CC1. The van der Waals surface area contributed by atoms with Crippen molar-refractivity contribution in [1.82, 2.24) is 15.1 Å². The molecular weight excluding hydrogens is 276 g/mol. The third-order valence-corrected chi connectivity index (χ3v) is 3.76. The Morgan fingerprint density at radius 3 is 2.33 bits per heavy atom. The summed E-state index contributed by atoms with van der Waals surface area (Å²) in [6.45, 7) is 1.19. The second-order valence-corrected chi connectivity index (χ2v) is 5.53. The summed E-state index contributed by atoms with van der Waals surface area (Å²) in [5, 5.41) is 11.5. The van der Waals surface area contributed by atoms with Crippen molar-refractivity contribution in [2.75, 3.05) is 27.2 Å². The number of carbonyl (C=O) groups excluding carboxylic acids is 2. The normalized spacial score (nSPS) is 17.6. The first-order valence-electron chi connectivity index (χ1n) is 7.04. The summed E-state index contributed by atoms with van der Waals surface area (Å²) in [5.41, 5.74) is 5.00. The fourth-order valence-corrected chi connectivity index (χ4v) is 2.37. The van der Waals surface area contributed by atoms with Gasteiger partial charge in [-0.05, 0) is 33.4 Å². The largest absolute Gasteiger partial charge is 0.480 e. The zero-order valence-electron chi connectivity index (χ0n) is 12.5. The number of nitrogens with two attached hydrogens (primary N) is 1. The maximum Gasteiger partial charge on any atom is 0.326 e. The Labute approximate surface area is 124 Å². The minimum Gasteiger partial charge on any atom is -0.480 e. The quantitative estimate of drug-likeness (QED) is 0.608. The molecular formula is C13H24N4O4. The highest BCUT2D eigenvalue weighted by atomic mass is 16.4. The van der Waals surface area contributed by atoms with Gasteiger partial charge in [0.1, 0.15) is 6.04 Å². The molecule has 1 saturated heterocycles. The van der Waals surface area contributed by atoms with E-state index in [4.69, 9.17) is 10.8 Å². The Balaban J connectivity index is 2.47. The van der Waals surface area contributed by atoms with Crippen molar-refractivity contribution >= 4 is 17.9 Å². The van der Waals surface area contributed by atoms with E-state index >= 15 is 0 Å². The number of likely N-dealkylation sites (tertiary alicyclic amines) is 1. The minimum absolute atomic E-state index is 0.00453. The topological polar surface area (TPSA) is 116 Å². The average Bonchev–Trinajstić information content (AvgIpc) is 2.42. The molecule has 0 aromatic carbocycles. The Kier molecular flexibility index (Phi) is 6.41. The van der Waals surface area contributed by atoms with Gasteiger partial charge in [-0.25, -0.2) is 9.59 Å². The van der Waals surface area contributed by atoms with Gasteiger partial charge in [-0.15, -0.1) is 0 Å². The number of nitrogens with zero attached hydrogens (tertiary/aromatic N) is 2. The van der Waals surface area contributed by atoms with Crippen LogP contribution in [-0.2, 0) is 9.59 Å². The van der Waals surface area contributed by atoms with E-state index in [1.165, 1.54) is 0 Å². The first-order valence-corrected chi connectivity index (χ1v) is 7.04. The van der Waals surface area contributed by atoms with E-state index in [-0.39, 0.29) is 12.8 Å². The Hall–Kier alpha value is -1.83. The second kappa shape index (κ2) is 7.82. The molecule has 1 heterocycles. The summed E-state index contributed by atoms with van der Waals surface area (Å²) in [5.74, 6) is -1.74. The Morgan fingerprint density at radius 2 is 1.90 bits per heavy atom. The molecule has 0 aliphatic carbocycles. The smallest absolute Gasteiger partial charge is 0.326 e. The predicted molar refractivity (Wildman–Crippen MR) is 76.7 cm³/mol. The number of rotatable bonds is 6. The van der Waals surface area contributed by atoms with Crippen molar-refractivity contribution in [3.63, 3.8) is 0 Å². The lowest BCUT2D eigenvalue weighted by atomic mass is 10.0. The third-order valence-electron chi connectivity index (χ3n) is 3.76. The number of amides is 3. The summed E-state index contributed by atoms with van der Waals surface area (Å²) < 4.78 is 0. The molecule has 3 amide bonds. The number of aliphatic carboxylic acids is 1. The number of nitrogens with one attached hydrogen (secondary N) is 1. The molecule has 0 radical (unpaired) electrons. The van der Waals surface area contributed by atoms with Crippen molar-refractivity contribution in [3.05, 3.63) is 0 Å². The fraction of sp³-hybridized carbons (Fsp3) is 0.769. The maximum atomic E-state index is 12.1. The molecule has 4 N–H and O–H groups in total. The molecule has 1 fully saturated rings. The molecule has 8 heteroatoms. The highest BCUT2D eigenvalue weighted by Gasteiger charge is 2.27. The maximum absolute atomic E-state index is 12.1. The van der Waals surface area contributed by atoms with Crippen LogP contribution in [0, 0.1) is 0 Å². The van der Waals surface area contributed by atoms with Gasteiger partial charge in [0.15, 0.2) is 0 Å². The van der Waals surface area contributed by atoms with Gasteiger partial charge in [0.05, 0.1) is 0 Å². The van der Waals surface area contributed by atoms with Gasteiger partial charge in [-0.2, -0.15) is 0 Å². The number of carboxylic acid groups (broad SMARTS) is 1. The monoisotopic (exact) mass is 300 g/mol.